The molecule has 0 aliphatic rings. The lowest BCUT2D eigenvalue weighted by atomic mass is 9.95. The average molecular weight is 276 g/mol. The SMILES string of the molecule is CCCC(CCC)C(=O)N(CCCl)C(CC)CC. The molecule has 108 valence electrons. The molecule has 0 heterocycles. The third-order valence-electron chi connectivity index (χ3n) is 3.62. The zero-order chi connectivity index (χ0) is 14.0. The number of carbonyl (C=O) groups is 1. The van der Waals surface area contributed by atoms with Crippen molar-refractivity contribution in [3.8, 4) is 0 Å². The lowest BCUT2D eigenvalue weighted by Gasteiger charge is -2.33. The number of hydrogen-bond acceptors (Lipinski definition) is 1. The first-order valence-corrected chi connectivity index (χ1v) is 8.05. The van der Waals surface area contributed by atoms with Crippen LogP contribution in [0.15, 0.2) is 0 Å². The van der Waals surface area contributed by atoms with E-state index in [0.29, 0.717) is 24.4 Å². The van der Waals surface area contributed by atoms with Crippen molar-refractivity contribution in [3.63, 3.8) is 0 Å². The summed E-state index contributed by atoms with van der Waals surface area (Å²) in [6, 6.07) is 0.354. The molecule has 0 atom stereocenters. The van der Waals surface area contributed by atoms with E-state index >= 15 is 0 Å². The third kappa shape index (κ3) is 5.60. The molecule has 0 aromatic carbocycles. The van der Waals surface area contributed by atoms with Crippen LogP contribution in [0.3, 0.4) is 0 Å². The molecule has 1 amide bonds. The molecule has 3 heteroatoms. The van der Waals surface area contributed by atoms with Gasteiger partial charge in [-0.3, -0.25) is 4.79 Å². The van der Waals surface area contributed by atoms with Crippen molar-refractivity contribution in [2.45, 2.75) is 72.3 Å². The Labute approximate surface area is 118 Å². The fraction of sp³-hybridized carbons (Fsp3) is 0.933. The van der Waals surface area contributed by atoms with Gasteiger partial charge in [0.1, 0.15) is 0 Å². The van der Waals surface area contributed by atoms with Crippen LogP contribution < -0.4 is 0 Å². The molecule has 0 unspecified atom stereocenters. The Morgan fingerprint density at radius 1 is 1.06 bits per heavy atom. The van der Waals surface area contributed by atoms with E-state index in [4.69, 9.17) is 11.6 Å². The first-order chi connectivity index (χ1) is 8.65. The first-order valence-electron chi connectivity index (χ1n) is 7.52. The molecule has 0 fully saturated rings. The topological polar surface area (TPSA) is 20.3 Å². The van der Waals surface area contributed by atoms with E-state index in [1.54, 1.807) is 0 Å². The molecule has 0 saturated carbocycles. The number of hydrogen-bond donors (Lipinski definition) is 0. The minimum absolute atomic E-state index is 0.198. The standard InChI is InChI=1S/C15H30ClNO/c1-5-9-13(10-6-2)15(18)17(12-11-16)14(7-3)8-4/h13-14H,5-12H2,1-4H3. The van der Waals surface area contributed by atoms with Gasteiger partial charge in [-0.15, -0.1) is 11.6 Å². The predicted molar refractivity (Wildman–Crippen MR) is 80.1 cm³/mol. The van der Waals surface area contributed by atoms with Gasteiger partial charge < -0.3 is 4.90 Å². The van der Waals surface area contributed by atoms with Gasteiger partial charge in [-0.2, -0.15) is 0 Å². The van der Waals surface area contributed by atoms with Crippen LogP contribution in [0.2, 0.25) is 0 Å². The van der Waals surface area contributed by atoms with E-state index in [1.807, 2.05) is 4.90 Å². The maximum atomic E-state index is 12.6. The summed E-state index contributed by atoms with van der Waals surface area (Å²) >= 11 is 5.86. The zero-order valence-corrected chi connectivity index (χ0v) is 13.3. The van der Waals surface area contributed by atoms with Gasteiger partial charge in [0, 0.05) is 24.4 Å². The van der Waals surface area contributed by atoms with Crippen LogP contribution in [0.5, 0.6) is 0 Å². The fourth-order valence-corrected chi connectivity index (χ4v) is 2.80. The quantitative estimate of drug-likeness (QED) is 0.539. The van der Waals surface area contributed by atoms with Crippen LogP contribution in [-0.4, -0.2) is 29.3 Å². The summed E-state index contributed by atoms with van der Waals surface area (Å²) in [4.78, 5) is 14.7. The van der Waals surface area contributed by atoms with Crippen LogP contribution in [-0.2, 0) is 4.79 Å². The Morgan fingerprint density at radius 3 is 1.89 bits per heavy atom. The molecule has 18 heavy (non-hydrogen) atoms. The number of nitrogens with zero attached hydrogens (tertiary/aromatic N) is 1. The lowest BCUT2D eigenvalue weighted by molar-refractivity contribution is -0.138. The highest BCUT2D eigenvalue weighted by Crippen LogP contribution is 2.20. The Balaban J connectivity index is 4.78. The third-order valence-corrected chi connectivity index (χ3v) is 3.78. The van der Waals surface area contributed by atoms with E-state index in [9.17, 15) is 4.79 Å². The molecule has 0 N–H and O–H groups in total. The van der Waals surface area contributed by atoms with Crippen LogP contribution >= 0.6 is 11.6 Å². The Kier molecular flexibility index (Phi) is 10.5. The van der Waals surface area contributed by atoms with Gasteiger partial charge in [-0.1, -0.05) is 40.5 Å². The second-order valence-electron chi connectivity index (χ2n) is 4.97. The minimum atomic E-state index is 0.198. The van der Waals surface area contributed by atoms with Crippen molar-refractivity contribution in [1.82, 2.24) is 4.90 Å². The molecule has 0 radical (unpaired) electrons. The highest BCUT2D eigenvalue weighted by Gasteiger charge is 2.26. The second-order valence-corrected chi connectivity index (χ2v) is 5.34. The summed E-state index contributed by atoms with van der Waals surface area (Å²) in [5, 5.41) is 0. The Hall–Kier alpha value is -0.240. The first kappa shape index (κ1) is 17.8. The van der Waals surface area contributed by atoms with E-state index < -0.39 is 0 Å². The fourth-order valence-electron chi connectivity index (χ4n) is 2.62. The molecular formula is C15H30ClNO. The highest BCUT2D eigenvalue weighted by atomic mass is 35.5. The van der Waals surface area contributed by atoms with Crippen LogP contribution in [0.25, 0.3) is 0 Å². The summed E-state index contributed by atoms with van der Waals surface area (Å²) in [6.07, 6.45) is 6.20. The summed E-state index contributed by atoms with van der Waals surface area (Å²) in [7, 11) is 0. The number of amides is 1. The number of rotatable bonds is 10. The van der Waals surface area contributed by atoms with Gasteiger partial charge in [-0.25, -0.2) is 0 Å². The molecule has 0 saturated heterocycles. The lowest BCUT2D eigenvalue weighted by Crippen LogP contribution is -2.44. The molecule has 0 bridgehead atoms. The van der Waals surface area contributed by atoms with Crippen LogP contribution in [0, 0.1) is 5.92 Å². The molecule has 0 aliphatic heterocycles. The van der Waals surface area contributed by atoms with E-state index in [-0.39, 0.29) is 5.92 Å². The normalized spacial score (nSPS) is 11.3. The van der Waals surface area contributed by atoms with Crippen LogP contribution in [0.4, 0.5) is 0 Å². The largest absolute Gasteiger partial charge is 0.338 e. The molecule has 0 rings (SSSR count). The maximum absolute atomic E-state index is 12.6. The summed E-state index contributed by atoms with van der Waals surface area (Å²) < 4.78 is 0. The minimum Gasteiger partial charge on any atom is -0.338 e. The highest BCUT2D eigenvalue weighted by molar-refractivity contribution is 6.18. The monoisotopic (exact) mass is 275 g/mol. The van der Waals surface area contributed by atoms with Gasteiger partial charge in [0.2, 0.25) is 5.91 Å². The smallest absolute Gasteiger partial charge is 0.225 e. The summed E-state index contributed by atoms with van der Waals surface area (Å²) in [6.45, 7) is 9.29. The molecule has 2 nitrogen and oxygen atoms in total. The Bertz CT molecular complexity index is 211. The van der Waals surface area contributed by atoms with Crippen molar-refractivity contribution in [2.75, 3.05) is 12.4 Å². The van der Waals surface area contributed by atoms with Gasteiger partial charge in [0.05, 0.1) is 0 Å². The molecule has 0 spiro atoms. The molecule has 0 aromatic heterocycles. The van der Waals surface area contributed by atoms with Crippen molar-refractivity contribution < 1.29 is 4.79 Å². The molecule has 0 aliphatic carbocycles. The van der Waals surface area contributed by atoms with Gasteiger partial charge in [0.15, 0.2) is 0 Å². The van der Waals surface area contributed by atoms with Crippen molar-refractivity contribution >= 4 is 17.5 Å². The maximum Gasteiger partial charge on any atom is 0.225 e. The average Bonchev–Trinajstić information content (AvgIpc) is 2.38. The number of halogens is 1. The second kappa shape index (κ2) is 10.7. The molecular weight excluding hydrogens is 246 g/mol. The van der Waals surface area contributed by atoms with E-state index in [1.165, 1.54) is 0 Å². The molecule has 0 aromatic rings. The number of alkyl halides is 1. The van der Waals surface area contributed by atoms with E-state index in [2.05, 4.69) is 27.7 Å². The summed E-state index contributed by atoms with van der Waals surface area (Å²) in [5.41, 5.74) is 0. The van der Waals surface area contributed by atoms with Crippen molar-refractivity contribution in [2.24, 2.45) is 5.92 Å². The van der Waals surface area contributed by atoms with Gasteiger partial charge >= 0.3 is 0 Å². The van der Waals surface area contributed by atoms with Crippen molar-refractivity contribution in [3.05, 3.63) is 0 Å². The zero-order valence-electron chi connectivity index (χ0n) is 12.5. The van der Waals surface area contributed by atoms with E-state index in [0.717, 1.165) is 38.5 Å². The number of carbonyl (C=O) groups excluding carboxylic acids is 1. The summed E-state index contributed by atoms with van der Waals surface area (Å²) in [5.74, 6) is 1.06. The Morgan fingerprint density at radius 2 is 1.56 bits per heavy atom. The van der Waals surface area contributed by atoms with Crippen LogP contribution in [0.1, 0.15) is 66.2 Å². The van der Waals surface area contributed by atoms with Crippen molar-refractivity contribution in [1.29, 1.82) is 0 Å². The predicted octanol–water partition coefficient (Wildman–Crippen LogP) is 4.46. The van der Waals surface area contributed by atoms with Gasteiger partial charge in [0.25, 0.3) is 0 Å². The van der Waals surface area contributed by atoms with Gasteiger partial charge in [-0.05, 0) is 25.7 Å².